The topological polar surface area (TPSA) is 111 Å². The van der Waals surface area contributed by atoms with Crippen molar-refractivity contribution in [2.75, 3.05) is 12.9 Å². The molecule has 0 saturated carbocycles. The van der Waals surface area contributed by atoms with Gasteiger partial charge in [-0.05, 0) is 36.4 Å². The van der Waals surface area contributed by atoms with Crippen LogP contribution >= 0.6 is 11.8 Å². The van der Waals surface area contributed by atoms with Crippen LogP contribution in [0.5, 0.6) is 5.75 Å². The summed E-state index contributed by atoms with van der Waals surface area (Å²) in [6.45, 7) is 0. The number of carbonyl (C=O) groups excluding carboxylic acids is 2. The first-order valence-electron chi connectivity index (χ1n) is 9.26. The van der Waals surface area contributed by atoms with Gasteiger partial charge in [-0.15, -0.1) is 0 Å². The summed E-state index contributed by atoms with van der Waals surface area (Å²) in [5, 5.41) is 5.76. The van der Waals surface area contributed by atoms with E-state index in [1.807, 2.05) is 30.3 Å². The predicted molar refractivity (Wildman–Crippen MR) is 116 cm³/mol. The Morgan fingerprint density at radius 1 is 1.03 bits per heavy atom. The Labute approximate surface area is 181 Å². The number of hydrazine groups is 1. The van der Waals surface area contributed by atoms with E-state index in [1.54, 1.807) is 42.3 Å². The number of hydrogen-bond acceptors (Lipinski definition) is 7. The lowest BCUT2D eigenvalue weighted by Crippen LogP contribution is -2.42. The zero-order valence-electron chi connectivity index (χ0n) is 16.5. The molecule has 2 aromatic carbocycles. The van der Waals surface area contributed by atoms with Crippen molar-refractivity contribution in [3.05, 3.63) is 72.7 Å². The van der Waals surface area contributed by atoms with Crippen molar-refractivity contribution in [1.29, 1.82) is 0 Å². The molecule has 0 fully saturated rings. The fraction of sp³-hybridized carbons (Fsp3) is 0.0952. The molecule has 4 rings (SSSR count). The number of ether oxygens (including phenoxy) is 1. The molecule has 0 aliphatic carbocycles. The number of hydrogen-bond donors (Lipinski definition) is 2. The maximum atomic E-state index is 12.2. The van der Waals surface area contributed by atoms with Gasteiger partial charge in [0, 0.05) is 5.56 Å². The fourth-order valence-electron chi connectivity index (χ4n) is 2.81. The quantitative estimate of drug-likeness (QED) is 0.272. The van der Waals surface area contributed by atoms with Gasteiger partial charge in [-0.3, -0.25) is 20.4 Å². The Balaban J connectivity index is 1.37. The molecule has 2 amide bonds. The van der Waals surface area contributed by atoms with Crippen LogP contribution < -0.4 is 15.6 Å². The molecule has 0 saturated heterocycles. The number of para-hydroxylation sites is 1. The average molecular weight is 434 g/mol. The van der Waals surface area contributed by atoms with Crippen molar-refractivity contribution in [2.24, 2.45) is 0 Å². The SMILES string of the molecule is COc1ccc(C(=O)NNC(=O)CSc2ncnc3c2cnn3-c2ccccc2)cc1. The van der Waals surface area contributed by atoms with E-state index in [4.69, 9.17) is 4.74 Å². The molecule has 0 aliphatic heterocycles. The van der Waals surface area contributed by atoms with Crippen molar-refractivity contribution in [3.63, 3.8) is 0 Å². The zero-order chi connectivity index (χ0) is 21.6. The average Bonchev–Trinajstić information content (AvgIpc) is 3.26. The van der Waals surface area contributed by atoms with E-state index in [1.165, 1.54) is 18.1 Å². The minimum absolute atomic E-state index is 0.0610. The molecule has 4 aromatic rings. The number of nitrogens with one attached hydrogen (secondary N) is 2. The first kappa shape index (κ1) is 20.4. The van der Waals surface area contributed by atoms with Gasteiger partial charge in [0.15, 0.2) is 5.65 Å². The molecular formula is C21H18N6O3S. The molecule has 9 nitrogen and oxygen atoms in total. The third-order valence-electron chi connectivity index (χ3n) is 4.34. The van der Waals surface area contributed by atoms with E-state index in [0.29, 0.717) is 22.0 Å². The summed E-state index contributed by atoms with van der Waals surface area (Å²) in [7, 11) is 1.55. The summed E-state index contributed by atoms with van der Waals surface area (Å²) < 4.78 is 6.78. The van der Waals surface area contributed by atoms with Gasteiger partial charge in [-0.25, -0.2) is 14.6 Å². The number of amides is 2. The summed E-state index contributed by atoms with van der Waals surface area (Å²) in [5.41, 5.74) is 6.73. The second-order valence-corrected chi connectivity index (χ2v) is 7.29. The highest BCUT2D eigenvalue weighted by atomic mass is 32.2. The minimum atomic E-state index is -0.422. The van der Waals surface area contributed by atoms with Gasteiger partial charge in [-0.1, -0.05) is 30.0 Å². The highest BCUT2D eigenvalue weighted by Crippen LogP contribution is 2.25. The molecule has 31 heavy (non-hydrogen) atoms. The Morgan fingerprint density at radius 3 is 2.55 bits per heavy atom. The van der Waals surface area contributed by atoms with E-state index in [0.717, 1.165) is 11.1 Å². The standard InChI is InChI=1S/C21H18N6O3S/c1-30-16-9-7-14(8-10-16)20(29)26-25-18(28)12-31-21-17-11-24-27(19(17)22-13-23-21)15-5-3-2-4-6-15/h2-11,13H,12H2,1H3,(H,25,28)(H,26,29). The molecule has 10 heteroatoms. The van der Waals surface area contributed by atoms with Gasteiger partial charge >= 0.3 is 0 Å². The number of thioether (sulfide) groups is 1. The van der Waals surface area contributed by atoms with Crippen molar-refractivity contribution >= 4 is 34.6 Å². The molecule has 156 valence electrons. The smallest absolute Gasteiger partial charge is 0.269 e. The lowest BCUT2D eigenvalue weighted by atomic mass is 10.2. The van der Waals surface area contributed by atoms with Crippen LogP contribution in [0, 0.1) is 0 Å². The molecule has 0 aliphatic rings. The van der Waals surface area contributed by atoms with E-state index in [9.17, 15) is 9.59 Å². The monoisotopic (exact) mass is 434 g/mol. The number of fused-ring (bicyclic) bond motifs is 1. The van der Waals surface area contributed by atoms with Crippen LogP contribution in [0.15, 0.2) is 72.1 Å². The van der Waals surface area contributed by atoms with Crippen LogP contribution in [0.4, 0.5) is 0 Å². The number of benzene rings is 2. The third-order valence-corrected chi connectivity index (χ3v) is 5.34. The lowest BCUT2D eigenvalue weighted by molar-refractivity contribution is -0.119. The fourth-order valence-corrected chi connectivity index (χ4v) is 3.57. The second kappa shape index (κ2) is 9.26. The van der Waals surface area contributed by atoms with Crippen LogP contribution in [0.1, 0.15) is 10.4 Å². The van der Waals surface area contributed by atoms with E-state index < -0.39 is 5.91 Å². The van der Waals surface area contributed by atoms with Crippen LogP contribution in [0.25, 0.3) is 16.7 Å². The zero-order valence-corrected chi connectivity index (χ0v) is 17.3. The number of nitrogens with zero attached hydrogens (tertiary/aromatic N) is 4. The summed E-state index contributed by atoms with van der Waals surface area (Å²) >= 11 is 1.23. The number of rotatable bonds is 6. The highest BCUT2D eigenvalue weighted by molar-refractivity contribution is 8.00. The predicted octanol–water partition coefficient (Wildman–Crippen LogP) is 2.38. The summed E-state index contributed by atoms with van der Waals surface area (Å²) in [6, 6.07) is 16.2. The van der Waals surface area contributed by atoms with E-state index in [2.05, 4.69) is 25.9 Å². The maximum absolute atomic E-state index is 12.2. The number of carbonyl (C=O) groups is 2. The van der Waals surface area contributed by atoms with Gasteiger partial charge in [0.2, 0.25) is 5.91 Å². The van der Waals surface area contributed by atoms with Crippen molar-refractivity contribution in [1.82, 2.24) is 30.6 Å². The Kier molecular flexibility index (Phi) is 6.08. The molecule has 0 atom stereocenters. The Morgan fingerprint density at radius 2 is 1.81 bits per heavy atom. The summed E-state index contributed by atoms with van der Waals surface area (Å²) in [5.74, 6) is -0.0849. The van der Waals surface area contributed by atoms with Crippen LogP contribution in [0.3, 0.4) is 0 Å². The van der Waals surface area contributed by atoms with Crippen LogP contribution in [0.2, 0.25) is 0 Å². The van der Waals surface area contributed by atoms with Gasteiger partial charge in [-0.2, -0.15) is 5.10 Å². The summed E-state index contributed by atoms with van der Waals surface area (Å²) in [4.78, 5) is 32.9. The van der Waals surface area contributed by atoms with Gasteiger partial charge in [0.05, 0.1) is 30.1 Å². The number of aromatic nitrogens is 4. The first-order valence-corrected chi connectivity index (χ1v) is 10.2. The molecule has 2 heterocycles. The molecule has 0 unspecified atom stereocenters. The van der Waals surface area contributed by atoms with Crippen LogP contribution in [-0.2, 0) is 4.79 Å². The first-order chi connectivity index (χ1) is 15.2. The van der Waals surface area contributed by atoms with Crippen molar-refractivity contribution < 1.29 is 14.3 Å². The van der Waals surface area contributed by atoms with Crippen molar-refractivity contribution in [2.45, 2.75) is 5.03 Å². The number of methoxy groups -OCH3 is 1. The molecule has 0 radical (unpaired) electrons. The lowest BCUT2D eigenvalue weighted by Gasteiger charge is -2.08. The molecule has 0 bridgehead atoms. The molecule has 2 aromatic heterocycles. The highest BCUT2D eigenvalue weighted by Gasteiger charge is 2.13. The molecular weight excluding hydrogens is 416 g/mol. The van der Waals surface area contributed by atoms with E-state index in [-0.39, 0.29) is 11.7 Å². The Hall–Kier alpha value is -3.92. The molecule has 2 N–H and O–H groups in total. The van der Waals surface area contributed by atoms with Gasteiger partial charge < -0.3 is 4.74 Å². The normalized spacial score (nSPS) is 10.6. The third kappa shape index (κ3) is 4.64. The van der Waals surface area contributed by atoms with E-state index >= 15 is 0 Å². The largest absolute Gasteiger partial charge is 0.497 e. The van der Waals surface area contributed by atoms with Crippen molar-refractivity contribution in [3.8, 4) is 11.4 Å². The minimum Gasteiger partial charge on any atom is -0.497 e. The Bertz CT molecular complexity index is 1210. The summed E-state index contributed by atoms with van der Waals surface area (Å²) in [6.07, 6.45) is 3.11. The second-order valence-electron chi connectivity index (χ2n) is 6.33. The molecule has 0 spiro atoms. The van der Waals surface area contributed by atoms with Gasteiger partial charge in [0.1, 0.15) is 17.1 Å². The van der Waals surface area contributed by atoms with Gasteiger partial charge in [0.25, 0.3) is 5.91 Å². The maximum Gasteiger partial charge on any atom is 0.269 e. The van der Waals surface area contributed by atoms with Crippen LogP contribution in [-0.4, -0.2) is 44.4 Å².